The first-order valence-corrected chi connectivity index (χ1v) is 7.45. The molecule has 24 heavy (non-hydrogen) atoms. The number of methoxy groups -OCH3 is 1. The van der Waals surface area contributed by atoms with E-state index >= 15 is 0 Å². The van der Waals surface area contributed by atoms with E-state index in [0.717, 1.165) is 0 Å². The highest BCUT2D eigenvalue weighted by Gasteiger charge is 2.16. The number of nitrogen functional groups attached to an aromatic ring is 1. The van der Waals surface area contributed by atoms with Gasteiger partial charge in [-0.1, -0.05) is 41.9 Å². The van der Waals surface area contributed by atoms with Crippen LogP contribution in [0.4, 0.5) is 5.69 Å². The third-order valence-electron chi connectivity index (χ3n) is 3.22. The molecule has 0 amide bonds. The molecule has 0 aliphatic carbocycles. The van der Waals surface area contributed by atoms with Crippen molar-refractivity contribution >= 4 is 35.3 Å². The number of benzene rings is 2. The van der Waals surface area contributed by atoms with Crippen molar-refractivity contribution in [3.63, 3.8) is 0 Å². The first-order valence-electron chi connectivity index (χ1n) is 7.08. The standard InChI is InChI=1S/C18H16ClNO4/c1-23-17(21)13(10-12-6-2-4-8-15(12)19)11-24-18(22)14-7-3-5-9-16(14)20/h2-10H,11,20H2,1H3/b13-10+. The van der Waals surface area contributed by atoms with E-state index in [1.165, 1.54) is 13.2 Å². The summed E-state index contributed by atoms with van der Waals surface area (Å²) in [6.07, 6.45) is 1.52. The molecular formula is C18H16ClNO4. The van der Waals surface area contributed by atoms with Gasteiger partial charge in [0.15, 0.2) is 0 Å². The molecule has 0 bridgehead atoms. The number of rotatable bonds is 5. The molecule has 0 fully saturated rings. The van der Waals surface area contributed by atoms with Crippen LogP contribution in [0.5, 0.6) is 0 Å². The second-order valence-corrected chi connectivity index (χ2v) is 5.25. The van der Waals surface area contributed by atoms with E-state index in [1.807, 2.05) is 0 Å². The topological polar surface area (TPSA) is 78.6 Å². The summed E-state index contributed by atoms with van der Waals surface area (Å²) >= 11 is 6.07. The average Bonchev–Trinajstić information content (AvgIpc) is 2.59. The SMILES string of the molecule is COC(=O)/C(=C/c1ccccc1Cl)COC(=O)c1ccccc1N. The minimum absolute atomic E-state index is 0.161. The highest BCUT2D eigenvalue weighted by Crippen LogP contribution is 2.19. The average molecular weight is 346 g/mol. The lowest BCUT2D eigenvalue weighted by atomic mass is 10.1. The van der Waals surface area contributed by atoms with Crippen molar-refractivity contribution in [2.24, 2.45) is 0 Å². The van der Waals surface area contributed by atoms with Crippen LogP contribution in [0.1, 0.15) is 15.9 Å². The zero-order valence-electron chi connectivity index (χ0n) is 13.0. The van der Waals surface area contributed by atoms with Gasteiger partial charge in [-0.05, 0) is 29.8 Å². The monoisotopic (exact) mass is 345 g/mol. The van der Waals surface area contributed by atoms with Crippen LogP contribution in [0.3, 0.4) is 0 Å². The molecule has 2 aromatic rings. The lowest BCUT2D eigenvalue weighted by Gasteiger charge is -2.09. The van der Waals surface area contributed by atoms with Crippen molar-refractivity contribution in [2.45, 2.75) is 0 Å². The predicted molar refractivity (Wildman–Crippen MR) is 92.6 cm³/mol. The molecule has 0 radical (unpaired) electrons. The first kappa shape index (κ1) is 17.6. The van der Waals surface area contributed by atoms with Crippen LogP contribution < -0.4 is 5.73 Å². The number of anilines is 1. The fraction of sp³-hybridized carbons (Fsp3) is 0.111. The normalized spacial score (nSPS) is 11.0. The molecule has 0 saturated carbocycles. The molecule has 0 aliphatic heterocycles. The maximum atomic E-state index is 12.1. The molecule has 5 nitrogen and oxygen atoms in total. The number of carbonyl (C=O) groups is 2. The molecular weight excluding hydrogens is 330 g/mol. The lowest BCUT2D eigenvalue weighted by molar-refractivity contribution is -0.136. The van der Waals surface area contributed by atoms with E-state index in [4.69, 9.17) is 26.8 Å². The summed E-state index contributed by atoms with van der Waals surface area (Å²) < 4.78 is 9.89. The Morgan fingerprint density at radius 3 is 2.46 bits per heavy atom. The molecule has 6 heteroatoms. The van der Waals surface area contributed by atoms with Crippen LogP contribution >= 0.6 is 11.6 Å². The predicted octanol–water partition coefficient (Wildman–Crippen LogP) is 3.34. The quantitative estimate of drug-likeness (QED) is 0.511. The van der Waals surface area contributed by atoms with Gasteiger partial charge in [-0.15, -0.1) is 0 Å². The van der Waals surface area contributed by atoms with Crippen LogP contribution in [-0.2, 0) is 14.3 Å². The summed E-state index contributed by atoms with van der Waals surface area (Å²) in [5, 5.41) is 0.470. The van der Waals surface area contributed by atoms with Gasteiger partial charge < -0.3 is 15.2 Å². The van der Waals surface area contributed by atoms with Gasteiger partial charge in [0.1, 0.15) is 6.61 Å². The van der Waals surface area contributed by atoms with Gasteiger partial charge in [0.2, 0.25) is 0 Å². The Bertz CT molecular complexity index is 786. The van der Waals surface area contributed by atoms with Crippen molar-refractivity contribution < 1.29 is 19.1 Å². The Labute approximate surface area is 144 Å². The third kappa shape index (κ3) is 4.36. The molecule has 0 unspecified atom stereocenters. The van der Waals surface area contributed by atoms with Crippen molar-refractivity contribution in [2.75, 3.05) is 19.5 Å². The molecule has 0 aromatic heterocycles. The first-order chi connectivity index (χ1) is 11.5. The highest BCUT2D eigenvalue weighted by molar-refractivity contribution is 6.32. The third-order valence-corrected chi connectivity index (χ3v) is 3.57. The number of ether oxygens (including phenoxy) is 2. The zero-order chi connectivity index (χ0) is 17.5. The number of para-hydroxylation sites is 1. The number of hydrogen-bond acceptors (Lipinski definition) is 5. The Morgan fingerprint density at radius 1 is 1.12 bits per heavy atom. The number of halogens is 1. The Kier molecular flexibility index (Phi) is 5.98. The fourth-order valence-corrected chi connectivity index (χ4v) is 2.16. The van der Waals surface area contributed by atoms with Crippen molar-refractivity contribution in [3.8, 4) is 0 Å². The Morgan fingerprint density at radius 2 is 1.79 bits per heavy atom. The van der Waals surface area contributed by atoms with Crippen molar-refractivity contribution in [3.05, 3.63) is 70.3 Å². The van der Waals surface area contributed by atoms with Gasteiger partial charge in [-0.3, -0.25) is 0 Å². The molecule has 0 aliphatic rings. The summed E-state index contributed by atoms with van der Waals surface area (Å²) in [5.74, 6) is -1.23. The zero-order valence-corrected chi connectivity index (χ0v) is 13.7. The van der Waals surface area contributed by atoms with E-state index in [1.54, 1.807) is 48.5 Å². The second kappa shape index (κ2) is 8.17. The van der Waals surface area contributed by atoms with Crippen LogP contribution in [0, 0.1) is 0 Å². The maximum Gasteiger partial charge on any atom is 0.340 e. The van der Waals surface area contributed by atoms with Gasteiger partial charge in [-0.2, -0.15) is 0 Å². The number of nitrogens with two attached hydrogens (primary N) is 1. The van der Waals surface area contributed by atoms with Crippen LogP contribution in [0.25, 0.3) is 6.08 Å². The highest BCUT2D eigenvalue weighted by atomic mass is 35.5. The summed E-state index contributed by atoms with van der Waals surface area (Å²) in [5.41, 5.74) is 7.05. The lowest BCUT2D eigenvalue weighted by Crippen LogP contribution is -2.15. The molecule has 0 heterocycles. The minimum atomic E-state index is -0.623. The fourth-order valence-electron chi connectivity index (χ4n) is 1.97. The van der Waals surface area contributed by atoms with Crippen LogP contribution in [-0.4, -0.2) is 25.7 Å². The van der Waals surface area contributed by atoms with E-state index in [-0.39, 0.29) is 17.7 Å². The van der Waals surface area contributed by atoms with Gasteiger partial charge >= 0.3 is 11.9 Å². The van der Waals surface area contributed by atoms with E-state index in [2.05, 4.69) is 0 Å². The van der Waals surface area contributed by atoms with E-state index in [9.17, 15) is 9.59 Å². The van der Waals surface area contributed by atoms with Crippen LogP contribution in [0.15, 0.2) is 54.1 Å². The van der Waals surface area contributed by atoms with Gasteiger partial charge in [0.05, 0.1) is 18.2 Å². The number of hydrogen-bond donors (Lipinski definition) is 1. The molecule has 124 valence electrons. The number of carbonyl (C=O) groups excluding carboxylic acids is 2. The van der Waals surface area contributed by atoms with Gasteiger partial charge in [-0.25, -0.2) is 9.59 Å². The molecule has 0 spiro atoms. The molecule has 0 atom stereocenters. The van der Waals surface area contributed by atoms with Crippen molar-refractivity contribution in [1.82, 2.24) is 0 Å². The Hall–Kier alpha value is -2.79. The largest absolute Gasteiger partial charge is 0.466 e. The van der Waals surface area contributed by atoms with Crippen LogP contribution in [0.2, 0.25) is 5.02 Å². The smallest absolute Gasteiger partial charge is 0.340 e. The molecule has 0 saturated heterocycles. The van der Waals surface area contributed by atoms with E-state index in [0.29, 0.717) is 16.3 Å². The maximum absolute atomic E-state index is 12.1. The summed E-state index contributed by atoms with van der Waals surface area (Å²) in [4.78, 5) is 24.0. The molecule has 2 N–H and O–H groups in total. The summed E-state index contributed by atoms with van der Waals surface area (Å²) in [6, 6.07) is 13.5. The van der Waals surface area contributed by atoms with Gasteiger partial charge in [0, 0.05) is 10.7 Å². The molecule has 2 aromatic carbocycles. The summed E-state index contributed by atoms with van der Waals surface area (Å²) in [7, 11) is 1.25. The Balaban J connectivity index is 2.19. The summed E-state index contributed by atoms with van der Waals surface area (Å²) in [6.45, 7) is -0.259. The molecule has 2 rings (SSSR count). The number of esters is 2. The van der Waals surface area contributed by atoms with Crippen molar-refractivity contribution in [1.29, 1.82) is 0 Å². The minimum Gasteiger partial charge on any atom is -0.466 e. The van der Waals surface area contributed by atoms with E-state index < -0.39 is 11.9 Å². The van der Waals surface area contributed by atoms with Gasteiger partial charge in [0.25, 0.3) is 0 Å². The second-order valence-electron chi connectivity index (χ2n) is 4.85.